The highest BCUT2D eigenvalue weighted by atomic mass is 16.5. The van der Waals surface area contributed by atoms with Gasteiger partial charge in [-0.15, -0.1) is 0 Å². The Kier molecular flexibility index (Phi) is 7.78. The van der Waals surface area contributed by atoms with Gasteiger partial charge in [0.25, 0.3) is 0 Å². The van der Waals surface area contributed by atoms with E-state index in [1.165, 1.54) is 6.08 Å². The molecule has 0 spiro atoms. The second-order valence-corrected chi connectivity index (χ2v) is 5.69. The van der Waals surface area contributed by atoms with Crippen molar-refractivity contribution < 1.29 is 19.1 Å². The molecule has 0 aromatic heterocycles. The number of hydrogen-bond acceptors (Lipinski definition) is 4. The summed E-state index contributed by atoms with van der Waals surface area (Å²) in [5.74, 6) is -0.928. The average molecular weight is 366 g/mol. The van der Waals surface area contributed by atoms with E-state index in [-0.39, 0.29) is 24.8 Å². The van der Waals surface area contributed by atoms with Crippen molar-refractivity contribution in [2.45, 2.75) is 13.3 Å². The normalized spacial score (nSPS) is 10.4. The van der Waals surface area contributed by atoms with Gasteiger partial charge in [0.15, 0.2) is 0 Å². The second-order valence-electron chi connectivity index (χ2n) is 5.69. The van der Waals surface area contributed by atoms with Crippen molar-refractivity contribution in [3.63, 3.8) is 0 Å². The SMILES string of the molecule is CCOC(=O)/C=C/c1ccc(NC(=O)CNC(=O)Cc2ccccc2)cc1. The maximum Gasteiger partial charge on any atom is 0.330 e. The van der Waals surface area contributed by atoms with Crippen LogP contribution in [0.3, 0.4) is 0 Å². The number of hydrogen-bond donors (Lipinski definition) is 2. The van der Waals surface area contributed by atoms with Crippen LogP contribution in [0, 0.1) is 0 Å². The van der Waals surface area contributed by atoms with Gasteiger partial charge in [-0.25, -0.2) is 4.79 Å². The van der Waals surface area contributed by atoms with Crippen LogP contribution in [0.1, 0.15) is 18.1 Å². The van der Waals surface area contributed by atoms with Crippen molar-refractivity contribution in [2.75, 3.05) is 18.5 Å². The molecule has 6 heteroatoms. The van der Waals surface area contributed by atoms with Crippen LogP contribution in [0.4, 0.5) is 5.69 Å². The molecule has 140 valence electrons. The molecule has 0 saturated carbocycles. The van der Waals surface area contributed by atoms with E-state index >= 15 is 0 Å². The molecule has 0 unspecified atom stereocenters. The Balaban J connectivity index is 1.76. The van der Waals surface area contributed by atoms with Crippen LogP contribution in [0.25, 0.3) is 6.08 Å². The minimum absolute atomic E-state index is 0.101. The van der Waals surface area contributed by atoms with Crippen LogP contribution >= 0.6 is 0 Å². The molecule has 6 nitrogen and oxygen atoms in total. The molecule has 0 aliphatic carbocycles. The van der Waals surface area contributed by atoms with E-state index < -0.39 is 5.97 Å². The minimum atomic E-state index is -0.402. The highest BCUT2D eigenvalue weighted by Gasteiger charge is 2.07. The predicted molar refractivity (Wildman–Crippen MR) is 104 cm³/mol. The van der Waals surface area contributed by atoms with E-state index in [2.05, 4.69) is 10.6 Å². The van der Waals surface area contributed by atoms with Crippen molar-refractivity contribution in [1.29, 1.82) is 0 Å². The average Bonchev–Trinajstić information content (AvgIpc) is 2.67. The molecule has 2 amide bonds. The molecule has 0 saturated heterocycles. The molecule has 0 bridgehead atoms. The molecule has 2 N–H and O–H groups in total. The molecule has 0 aliphatic heterocycles. The quantitative estimate of drug-likeness (QED) is 0.555. The van der Waals surface area contributed by atoms with Gasteiger partial charge in [-0.2, -0.15) is 0 Å². The van der Waals surface area contributed by atoms with Crippen molar-refractivity contribution in [2.24, 2.45) is 0 Å². The van der Waals surface area contributed by atoms with E-state index in [4.69, 9.17) is 4.74 Å². The zero-order valence-corrected chi connectivity index (χ0v) is 15.1. The van der Waals surface area contributed by atoms with Gasteiger partial charge in [-0.3, -0.25) is 9.59 Å². The lowest BCUT2D eigenvalue weighted by molar-refractivity contribution is -0.137. The third kappa shape index (κ3) is 7.56. The summed E-state index contributed by atoms with van der Waals surface area (Å²) in [4.78, 5) is 35.1. The van der Waals surface area contributed by atoms with Crippen LogP contribution in [0.15, 0.2) is 60.7 Å². The molecule has 2 aromatic rings. The lowest BCUT2D eigenvalue weighted by Gasteiger charge is -2.07. The Hall–Kier alpha value is -3.41. The summed E-state index contributed by atoms with van der Waals surface area (Å²) in [5.41, 5.74) is 2.30. The number of rotatable bonds is 8. The number of carbonyl (C=O) groups excluding carboxylic acids is 3. The molecule has 2 rings (SSSR count). The fraction of sp³-hybridized carbons (Fsp3) is 0.190. The van der Waals surface area contributed by atoms with Gasteiger partial charge < -0.3 is 15.4 Å². The molecular formula is C21H22N2O4. The number of ether oxygens (including phenoxy) is 1. The topological polar surface area (TPSA) is 84.5 Å². The minimum Gasteiger partial charge on any atom is -0.463 e. The largest absolute Gasteiger partial charge is 0.463 e. The zero-order chi connectivity index (χ0) is 19.5. The van der Waals surface area contributed by atoms with Gasteiger partial charge in [0, 0.05) is 11.8 Å². The third-order valence-corrected chi connectivity index (χ3v) is 3.55. The summed E-state index contributed by atoms with van der Waals surface area (Å²) < 4.78 is 4.81. The summed E-state index contributed by atoms with van der Waals surface area (Å²) in [5, 5.41) is 5.30. The highest BCUT2D eigenvalue weighted by molar-refractivity contribution is 5.95. The summed E-state index contributed by atoms with van der Waals surface area (Å²) in [6.45, 7) is 1.97. The summed E-state index contributed by atoms with van der Waals surface area (Å²) >= 11 is 0. The van der Waals surface area contributed by atoms with Gasteiger partial charge in [0.05, 0.1) is 19.6 Å². The number of carbonyl (C=O) groups is 3. The summed E-state index contributed by atoms with van der Waals surface area (Å²) in [6, 6.07) is 16.3. The molecule has 27 heavy (non-hydrogen) atoms. The summed E-state index contributed by atoms with van der Waals surface area (Å²) in [6.07, 6.45) is 3.21. The van der Waals surface area contributed by atoms with Crippen LogP contribution in [-0.4, -0.2) is 30.9 Å². The van der Waals surface area contributed by atoms with Gasteiger partial charge in [-0.05, 0) is 36.3 Å². The van der Waals surface area contributed by atoms with Crippen LogP contribution in [0.2, 0.25) is 0 Å². The van der Waals surface area contributed by atoms with Crippen LogP contribution < -0.4 is 10.6 Å². The number of benzene rings is 2. The fourth-order valence-corrected chi connectivity index (χ4v) is 2.26. The Labute approximate surface area is 158 Å². The lowest BCUT2D eigenvalue weighted by Crippen LogP contribution is -2.33. The molecular weight excluding hydrogens is 344 g/mol. The highest BCUT2D eigenvalue weighted by Crippen LogP contribution is 2.10. The van der Waals surface area contributed by atoms with Gasteiger partial charge in [-0.1, -0.05) is 42.5 Å². The van der Waals surface area contributed by atoms with E-state index in [9.17, 15) is 14.4 Å². The molecule has 0 heterocycles. The lowest BCUT2D eigenvalue weighted by atomic mass is 10.1. The molecule has 0 atom stereocenters. The number of nitrogens with one attached hydrogen (secondary N) is 2. The predicted octanol–water partition coefficient (Wildman–Crippen LogP) is 2.56. The third-order valence-electron chi connectivity index (χ3n) is 3.55. The first-order chi connectivity index (χ1) is 13.1. The van der Waals surface area contributed by atoms with Gasteiger partial charge in [0.2, 0.25) is 11.8 Å². The van der Waals surface area contributed by atoms with Crippen LogP contribution in [0.5, 0.6) is 0 Å². The first-order valence-corrected chi connectivity index (χ1v) is 8.62. The number of amides is 2. The van der Waals surface area contributed by atoms with Crippen molar-refractivity contribution in [1.82, 2.24) is 5.32 Å². The standard InChI is InChI=1S/C21H22N2O4/c1-2-27-21(26)13-10-16-8-11-18(12-9-16)23-20(25)15-22-19(24)14-17-6-4-3-5-7-17/h3-13H,2,14-15H2,1H3,(H,22,24)(H,23,25)/b13-10+. The fourth-order valence-electron chi connectivity index (χ4n) is 2.26. The maximum atomic E-state index is 11.9. The zero-order valence-electron chi connectivity index (χ0n) is 15.1. The Morgan fingerprint density at radius 3 is 2.33 bits per heavy atom. The first-order valence-electron chi connectivity index (χ1n) is 8.62. The molecule has 0 aliphatic rings. The molecule has 0 fully saturated rings. The van der Waals surface area contributed by atoms with Crippen molar-refractivity contribution in [3.05, 3.63) is 71.8 Å². The number of esters is 1. The Bertz CT molecular complexity index is 799. The first kappa shape index (κ1) is 19.9. The molecule has 0 radical (unpaired) electrons. The smallest absolute Gasteiger partial charge is 0.330 e. The Morgan fingerprint density at radius 2 is 1.67 bits per heavy atom. The maximum absolute atomic E-state index is 11.9. The van der Waals surface area contributed by atoms with Crippen molar-refractivity contribution >= 4 is 29.5 Å². The van der Waals surface area contributed by atoms with Crippen molar-refractivity contribution in [3.8, 4) is 0 Å². The van der Waals surface area contributed by atoms with Gasteiger partial charge in [0.1, 0.15) is 0 Å². The van der Waals surface area contributed by atoms with E-state index in [1.54, 1.807) is 37.3 Å². The summed E-state index contributed by atoms with van der Waals surface area (Å²) in [7, 11) is 0. The Morgan fingerprint density at radius 1 is 0.963 bits per heavy atom. The van der Waals surface area contributed by atoms with Gasteiger partial charge >= 0.3 is 5.97 Å². The molecule has 2 aromatic carbocycles. The monoisotopic (exact) mass is 366 g/mol. The second kappa shape index (κ2) is 10.6. The van der Waals surface area contributed by atoms with E-state index in [0.717, 1.165) is 11.1 Å². The number of anilines is 1. The van der Waals surface area contributed by atoms with Crippen LogP contribution in [-0.2, 0) is 25.5 Å². The van der Waals surface area contributed by atoms with E-state index in [1.807, 2.05) is 30.3 Å². The van der Waals surface area contributed by atoms with E-state index in [0.29, 0.717) is 12.3 Å².